The van der Waals surface area contributed by atoms with E-state index >= 15 is 0 Å². The van der Waals surface area contributed by atoms with E-state index in [0.717, 1.165) is 16.7 Å². The number of hydrogen-bond donors (Lipinski definition) is 0. The van der Waals surface area contributed by atoms with E-state index in [1.54, 1.807) is 11.0 Å². The third-order valence-corrected chi connectivity index (χ3v) is 5.52. The summed E-state index contributed by atoms with van der Waals surface area (Å²) < 4.78 is 5.29. The van der Waals surface area contributed by atoms with Gasteiger partial charge in [-0.05, 0) is 50.8 Å². The maximum absolute atomic E-state index is 12.7. The molecule has 3 rings (SSSR count). The molecule has 5 heteroatoms. The third-order valence-electron chi connectivity index (χ3n) is 5.52. The number of likely N-dealkylation sites (tertiary alicyclic amines) is 1. The second-order valence-electron chi connectivity index (χ2n) is 7.73. The SMILES string of the molecule is Cc1ccc(C(=O)COC(=O)C2CCN(C(=O)c3ccccc3C)CC2)c(C)c1. The minimum atomic E-state index is -0.355. The summed E-state index contributed by atoms with van der Waals surface area (Å²) in [5.74, 6) is -0.822. The maximum atomic E-state index is 12.7. The fraction of sp³-hybridized carbons (Fsp3) is 0.375. The van der Waals surface area contributed by atoms with Crippen molar-refractivity contribution in [2.45, 2.75) is 33.6 Å². The van der Waals surface area contributed by atoms with E-state index in [0.29, 0.717) is 37.1 Å². The number of ketones is 1. The summed E-state index contributed by atoms with van der Waals surface area (Å²) in [6.45, 7) is 6.55. The number of rotatable bonds is 5. The number of piperidine rings is 1. The summed E-state index contributed by atoms with van der Waals surface area (Å²) in [7, 11) is 0. The number of benzene rings is 2. The first kappa shape index (κ1) is 20.8. The van der Waals surface area contributed by atoms with Crippen LogP contribution in [0.25, 0.3) is 0 Å². The third kappa shape index (κ3) is 4.91. The molecule has 5 nitrogen and oxygen atoms in total. The number of nitrogens with zero attached hydrogens (tertiary/aromatic N) is 1. The summed E-state index contributed by atoms with van der Waals surface area (Å²) in [6.07, 6.45) is 1.10. The van der Waals surface area contributed by atoms with Crippen molar-refractivity contribution in [1.82, 2.24) is 4.90 Å². The fourth-order valence-corrected chi connectivity index (χ4v) is 3.76. The van der Waals surface area contributed by atoms with Gasteiger partial charge in [0, 0.05) is 24.2 Å². The van der Waals surface area contributed by atoms with Crippen LogP contribution in [0.1, 0.15) is 50.2 Å². The van der Waals surface area contributed by atoms with Gasteiger partial charge in [0.05, 0.1) is 5.92 Å². The minimum absolute atomic E-state index is 0.0000543. The number of ether oxygens (including phenoxy) is 1. The Morgan fingerprint density at radius 3 is 2.28 bits per heavy atom. The van der Waals surface area contributed by atoms with Crippen molar-refractivity contribution in [3.05, 3.63) is 70.3 Å². The van der Waals surface area contributed by atoms with Crippen LogP contribution in [0.2, 0.25) is 0 Å². The highest BCUT2D eigenvalue weighted by atomic mass is 16.5. The quantitative estimate of drug-likeness (QED) is 0.571. The van der Waals surface area contributed by atoms with Crippen molar-refractivity contribution in [1.29, 1.82) is 0 Å². The van der Waals surface area contributed by atoms with Gasteiger partial charge in [0.1, 0.15) is 0 Å². The predicted molar refractivity (Wildman–Crippen MR) is 111 cm³/mol. The summed E-state index contributed by atoms with van der Waals surface area (Å²) >= 11 is 0. The lowest BCUT2D eigenvalue weighted by molar-refractivity contribution is -0.148. The van der Waals surface area contributed by atoms with Crippen LogP contribution >= 0.6 is 0 Å². The van der Waals surface area contributed by atoms with Crippen LogP contribution in [0.3, 0.4) is 0 Å². The maximum Gasteiger partial charge on any atom is 0.309 e. The first-order valence-electron chi connectivity index (χ1n) is 9.99. The van der Waals surface area contributed by atoms with Crippen molar-refractivity contribution >= 4 is 17.7 Å². The van der Waals surface area contributed by atoms with Gasteiger partial charge in [-0.2, -0.15) is 0 Å². The molecule has 0 unspecified atom stereocenters. The average Bonchev–Trinajstić information content (AvgIpc) is 2.72. The number of esters is 1. The number of carbonyl (C=O) groups excluding carboxylic acids is 3. The molecule has 152 valence electrons. The molecule has 2 aromatic rings. The lowest BCUT2D eigenvalue weighted by Crippen LogP contribution is -2.41. The van der Waals surface area contributed by atoms with E-state index < -0.39 is 0 Å². The van der Waals surface area contributed by atoms with Crippen molar-refractivity contribution in [2.24, 2.45) is 5.92 Å². The monoisotopic (exact) mass is 393 g/mol. The summed E-state index contributed by atoms with van der Waals surface area (Å²) in [6, 6.07) is 13.1. The average molecular weight is 393 g/mol. The molecule has 0 N–H and O–H groups in total. The van der Waals surface area contributed by atoms with E-state index in [1.165, 1.54) is 0 Å². The van der Waals surface area contributed by atoms with Crippen molar-refractivity contribution in [3.8, 4) is 0 Å². The Morgan fingerprint density at radius 2 is 1.62 bits per heavy atom. The molecule has 0 spiro atoms. The molecule has 0 radical (unpaired) electrons. The largest absolute Gasteiger partial charge is 0.457 e. The Morgan fingerprint density at radius 1 is 0.931 bits per heavy atom. The molecule has 1 amide bonds. The minimum Gasteiger partial charge on any atom is -0.457 e. The van der Waals surface area contributed by atoms with E-state index in [4.69, 9.17) is 4.74 Å². The van der Waals surface area contributed by atoms with Gasteiger partial charge in [-0.1, -0.05) is 42.0 Å². The second kappa shape index (κ2) is 9.03. The normalized spacial score (nSPS) is 14.5. The first-order chi connectivity index (χ1) is 13.9. The van der Waals surface area contributed by atoms with Gasteiger partial charge in [-0.3, -0.25) is 14.4 Å². The predicted octanol–water partition coefficient (Wildman–Crippen LogP) is 3.89. The van der Waals surface area contributed by atoms with Crippen molar-refractivity contribution in [3.63, 3.8) is 0 Å². The Kier molecular flexibility index (Phi) is 6.47. The summed E-state index contributed by atoms with van der Waals surface area (Å²) in [4.78, 5) is 39.2. The van der Waals surface area contributed by atoms with Gasteiger partial charge in [-0.15, -0.1) is 0 Å². The van der Waals surface area contributed by atoms with Crippen molar-refractivity contribution in [2.75, 3.05) is 19.7 Å². The highest BCUT2D eigenvalue weighted by Gasteiger charge is 2.29. The molecule has 1 aliphatic rings. The number of Topliss-reactive ketones (excluding diaryl/α,β-unsaturated/α-hetero) is 1. The Labute approximate surface area is 171 Å². The van der Waals surface area contributed by atoms with Crippen LogP contribution in [-0.2, 0) is 9.53 Å². The van der Waals surface area contributed by atoms with Crippen LogP contribution in [-0.4, -0.2) is 42.3 Å². The molecule has 1 saturated heterocycles. The van der Waals surface area contributed by atoms with Gasteiger partial charge in [0.25, 0.3) is 5.91 Å². The first-order valence-corrected chi connectivity index (χ1v) is 9.99. The number of carbonyl (C=O) groups is 3. The van der Waals surface area contributed by atoms with Gasteiger partial charge < -0.3 is 9.64 Å². The Balaban J connectivity index is 1.50. The van der Waals surface area contributed by atoms with E-state index in [2.05, 4.69) is 0 Å². The van der Waals surface area contributed by atoms with Crippen LogP contribution in [0.15, 0.2) is 42.5 Å². The highest BCUT2D eigenvalue weighted by molar-refractivity contribution is 5.99. The molecule has 0 aliphatic carbocycles. The van der Waals surface area contributed by atoms with Gasteiger partial charge >= 0.3 is 5.97 Å². The molecular weight excluding hydrogens is 366 g/mol. The van der Waals surface area contributed by atoms with Crippen LogP contribution in [0, 0.1) is 26.7 Å². The van der Waals surface area contributed by atoms with E-state index in [9.17, 15) is 14.4 Å². The topological polar surface area (TPSA) is 63.7 Å². The van der Waals surface area contributed by atoms with E-state index in [1.807, 2.05) is 57.2 Å². The molecule has 1 fully saturated rings. The Bertz CT molecular complexity index is 926. The summed E-state index contributed by atoms with van der Waals surface area (Å²) in [5, 5.41) is 0. The molecule has 0 bridgehead atoms. The zero-order valence-corrected chi connectivity index (χ0v) is 17.2. The number of hydrogen-bond acceptors (Lipinski definition) is 4. The van der Waals surface area contributed by atoms with Crippen LogP contribution < -0.4 is 0 Å². The molecule has 1 aliphatic heterocycles. The molecule has 0 atom stereocenters. The number of aryl methyl sites for hydroxylation is 3. The van der Waals surface area contributed by atoms with Crippen LogP contribution in [0.4, 0.5) is 0 Å². The molecule has 0 saturated carbocycles. The molecule has 29 heavy (non-hydrogen) atoms. The molecule has 0 aromatic heterocycles. The molecule has 2 aromatic carbocycles. The Hall–Kier alpha value is -2.95. The zero-order chi connectivity index (χ0) is 21.0. The van der Waals surface area contributed by atoms with Gasteiger partial charge in [0.15, 0.2) is 6.61 Å². The van der Waals surface area contributed by atoms with Crippen LogP contribution in [0.5, 0.6) is 0 Å². The summed E-state index contributed by atoms with van der Waals surface area (Å²) in [5.41, 5.74) is 4.20. The smallest absolute Gasteiger partial charge is 0.309 e. The lowest BCUT2D eigenvalue weighted by Gasteiger charge is -2.31. The highest BCUT2D eigenvalue weighted by Crippen LogP contribution is 2.21. The lowest BCUT2D eigenvalue weighted by atomic mass is 9.96. The van der Waals surface area contributed by atoms with Gasteiger partial charge in [0.2, 0.25) is 5.78 Å². The van der Waals surface area contributed by atoms with E-state index in [-0.39, 0.29) is 30.2 Å². The zero-order valence-electron chi connectivity index (χ0n) is 17.2. The fourth-order valence-electron chi connectivity index (χ4n) is 3.76. The standard InChI is InChI=1S/C24H27NO4/c1-16-8-9-20(18(3)14-16)22(26)15-29-24(28)19-10-12-25(13-11-19)23(27)21-7-5-4-6-17(21)2/h4-9,14,19H,10-13,15H2,1-3H3. The second-order valence-corrected chi connectivity index (χ2v) is 7.73. The molecule has 1 heterocycles. The number of amides is 1. The van der Waals surface area contributed by atoms with Crippen molar-refractivity contribution < 1.29 is 19.1 Å². The molecular formula is C24H27NO4. The van der Waals surface area contributed by atoms with Gasteiger partial charge in [-0.25, -0.2) is 0 Å².